The number of pyridine rings is 1. The van der Waals surface area contributed by atoms with Gasteiger partial charge in [0.1, 0.15) is 5.82 Å². The van der Waals surface area contributed by atoms with E-state index >= 15 is 0 Å². The molecule has 5 rings (SSSR count). The van der Waals surface area contributed by atoms with Crippen molar-refractivity contribution in [1.29, 1.82) is 0 Å². The Balaban J connectivity index is 1.23. The molecule has 0 bridgehead atoms. The van der Waals surface area contributed by atoms with Crippen LogP contribution in [-0.2, 0) is 12.6 Å². The van der Waals surface area contributed by atoms with E-state index < -0.39 is 23.4 Å². The molecule has 1 fully saturated rings. The summed E-state index contributed by atoms with van der Waals surface area (Å²) in [5.74, 6) is -1.92. The average Bonchev–Trinajstić information content (AvgIpc) is 3.29. The number of halogens is 5. The molecule has 0 unspecified atom stereocenters. The Bertz CT molecular complexity index is 1560. The zero-order valence-corrected chi connectivity index (χ0v) is 23.5. The number of amides is 2. The number of hydrogen-bond acceptors (Lipinski definition) is 6. The van der Waals surface area contributed by atoms with Crippen LogP contribution in [0.3, 0.4) is 0 Å². The smallest absolute Gasteiger partial charge is 0.431 e. The lowest BCUT2D eigenvalue weighted by Gasteiger charge is -2.23. The van der Waals surface area contributed by atoms with Gasteiger partial charge in [-0.25, -0.2) is 14.8 Å². The Morgan fingerprint density at radius 2 is 1.67 bits per heavy atom. The van der Waals surface area contributed by atoms with Gasteiger partial charge >= 0.3 is 12.2 Å². The summed E-state index contributed by atoms with van der Waals surface area (Å²) < 4.78 is 45.9. The minimum atomic E-state index is -4.88. The summed E-state index contributed by atoms with van der Waals surface area (Å²) in [6.45, 7) is 2.02. The Morgan fingerprint density at radius 3 is 2.33 bits per heavy atom. The first-order valence-electron chi connectivity index (χ1n) is 13.0. The average molecular weight is 618 g/mol. The van der Waals surface area contributed by atoms with Crippen LogP contribution in [0.15, 0.2) is 71.3 Å². The highest BCUT2D eigenvalue weighted by Gasteiger charge is 2.41. The summed E-state index contributed by atoms with van der Waals surface area (Å²) in [5.41, 5.74) is 0.334. The van der Waals surface area contributed by atoms with Crippen molar-refractivity contribution in [2.24, 2.45) is 0 Å². The third-order valence-corrected chi connectivity index (χ3v) is 7.28. The maximum Gasteiger partial charge on any atom is 0.452 e. The van der Waals surface area contributed by atoms with E-state index in [1.165, 1.54) is 6.20 Å². The van der Waals surface area contributed by atoms with Crippen molar-refractivity contribution in [3.05, 3.63) is 93.9 Å². The lowest BCUT2D eigenvalue weighted by Crippen LogP contribution is -2.38. The molecule has 3 heterocycles. The number of hydrogen-bond donors (Lipinski definition) is 1. The molecular formula is C29H24Cl2F3N5O3. The first-order chi connectivity index (χ1) is 20.1. The second-order valence-electron chi connectivity index (χ2n) is 9.54. The van der Waals surface area contributed by atoms with Crippen LogP contribution >= 0.6 is 23.2 Å². The second kappa shape index (κ2) is 12.4. The minimum absolute atomic E-state index is 0.279. The maximum atomic E-state index is 13.6. The van der Waals surface area contributed by atoms with Crippen molar-refractivity contribution in [1.82, 2.24) is 14.9 Å². The zero-order valence-electron chi connectivity index (χ0n) is 22.0. The fourth-order valence-corrected chi connectivity index (χ4v) is 5.03. The highest BCUT2D eigenvalue weighted by atomic mass is 35.5. The maximum absolute atomic E-state index is 13.6. The fraction of sp³-hybridized carbons (Fsp3) is 0.241. The number of urea groups is 1. The van der Waals surface area contributed by atoms with Gasteiger partial charge in [-0.3, -0.25) is 4.79 Å². The molecule has 0 radical (unpaired) electrons. The molecule has 4 aromatic rings. The van der Waals surface area contributed by atoms with Crippen molar-refractivity contribution in [3.8, 4) is 11.5 Å². The molecule has 1 saturated heterocycles. The number of Topliss-reactive ketones (excluding diaryl/α,β-unsaturated/α-hetero) is 1. The van der Waals surface area contributed by atoms with Gasteiger partial charge in [-0.05, 0) is 42.3 Å². The van der Waals surface area contributed by atoms with Crippen LogP contribution in [-0.4, -0.2) is 52.9 Å². The first kappa shape index (κ1) is 29.4. The van der Waals surface area contributed by atoms with Crippen LogP contribution in [0.25, 0.3) is 11.5 Å². The number of carbonyl (C=O) groups is 2. The molecule has 1 aliphatic rings. The number of rotatable bonds is 6. The molecule has 218 valence electrons. The lowest BCUT2D eigenvalue weighted by molar-refractivity contribution is -0.153. The predicted octanol–water partition coefficient (Wildman–Crippen LogP) is 7.23. The van der Waals surface area contributed by atoms with E-state index in [4.69, 9.17) is 27.6 Å². The molecule has 0 atom stereocenters. The van der Waals surface area contributed by atoms with Crippen LogP contribution in [0.1, 0.15) is 28.2 Å². The fourth-order valence-electron chi connectivity index (χ4n) is 4.54. The number of benzene rings is 2. The SMILES string of the molecule is O=C(Cc1ccc(N2CCCN(C(=O)Nc3c(Cl)cccc3Cl)CC2)nc1)c1nc(-c2ccccc2)oc1C(F)(F)F. The third-order valence-electron chi connectivity index (χ3n) is 6.65. The molecule has 0 saturated carbocycles. The zero-order chi connectivity index (χ0) is 29.9. The molecule has 42 heavy (non-hydrogen) atoms. The Labute approximate surface area is 249 Å². The molecule has 13 heteroatoms. The number of carbonyl (C=O) groups excluding carboxylic acids is 2. The van der Waals surface area contributed by atoms with Gasteiger partial charge in [-0.2, -0.15) is 13.2 Å². The molecule has 0 spiro atoms. The highest BCUT2D eigenvalue weighted by molar-refractivity contribution is 6.39. The Morgan fingerprint density at radius 1 is 0.929 bits per heavy atom. The van der Waals surface area contributed by atoms with Gasteiger partial charge in [0.05, 0.1) is 15.7 Å². The molecule has 1 N–H and O–H groups in total. The number of aromatic nitrogens is 2. The summed E-state index contributed by atoms with van der Waals surface area (Å²) in [6, 6.07) is 16.0. The summed E-state index contributed by atoms with van der Waals surface area (Å²) in [6.07, 6.45) is -3.10. The van der Waals surface area contributed by atoms with Crippen LogP contribution in [0, 0.1) is 0 Å². The van der Waals surface area contributed by atoms with Crippen molar-refractivity contribution in [3.63, 3.8) is 0 Å². The molecule has 2 aromatic carbocycles. The van der Waals surface area contributed by atoms with E-state index in [0.717, 1.165) is 0 Å². The van der Waals surface area contributed by atoms with Gasteiger partial charge in [-0.1, -0.05) is 53.5 Å². The second-order valence-corrected chi connectivity index (χ2v) is 10.4. The number of para-hydroxylation sites is 1. The minimum Gasteiger partial charge on any atom is -0.431 e. The molecule has 0 aliphatic carbocycles. The number of anilines is 2. The van der Waals surface area contributed by atoms with E-state index in [1.54, 1.807) is 65.6 Å². The summed E-state index contributed by atoms with van der Waals surface area (Å²) in [5, 5.41) is 3.44. The topological polar surface area (TPSA) is 91.6 Å². The number of nitrogens with one attached hydrogen (secondary N) is 1. The molecule has 2 aromatic heterocycles. The van der Waals surface area contributed by atoms with Gasteiger partial charge in [-0.15, -0.1) is 0 Å². The predicted molar refractivity (Wildman–Crippen MR) is 153 cm³/mol. The van der Waals surface area contributed by atoms with E-state index in [9.17, 15) is 22.8 Å². The first-order valence-corrected chi connectivity index (χ1v) is 13.7. The highest BCUT2D eigenvalue weighted by Crippen LogP contribution is 2.36. The van der Waals surface area contributed by atoms with E-state index in [0.29, 0.717) is 65.3 Å². The number of oxazole rings is 1. The van der Waals surface area contributed by atoms with Crippen LogP contribution in [0.5, 0.6) is 0 Å². The van der Waals surface area contributed by atoms with Crippen LogP contribution < -0.4 is 10.2 Å². The molecule has 8 nitrogen and oxygen atoms in total. The largest absolute Gasteiger partial charge is 0.452 e. The monoisotopic (exact) mass is 617 g/mol. The van der Waals surface area contributed by atoms with Gasteiger partial charge in [0, 0.05) is 44.4 Å². The number of nitrogens with zero attached hydrogens (tertiary/aromatic N) is 4. The standard InChI is InChI=1S/C29H24Cl2F3N5O3/c30-20-8-4-9-21(31)24(20)37-28(41)39-13-5-12-38(14-15-39)23-11-10-18(17-35-23)16-22(40)25-26(29(32,33)34)42-27(36-25)19-6-2-1-3-7-19/h1-4,6-11,17H,5,12-16H2,(H,37,41). The summed E-state index contributed by atoms with van der Waals surface area (Å²) in [7, 11) is 0. The summed E-state index contributed by atoms with van der Waals surface area (Å²) >= 11 is 12.3. The van der Waals surface area contributed by atoms with E-state index in [-0.39, 0.29) is 18.3 Å². The van der Waals surface area contributed by atoms with Crippen molar-refractivity contribution >= 4 is 46.5 Å². The third kappa shape index (κ3) is 6.69. The van der Waals surface area contributed by atoms with Crippen LogP contribution in [0.4, 0.5) is 29.5 Å². The van der Waals surface area contributed by atoms with Crippen molar-refractivity contribution < 1.29 is 27.2 Å². The van der Waals surface area contributed by atoms with Crippen molar-refractivity contribution in [2.45, 2.75) is 19.0 Å². The molecule has 2 amide bonds. The van der Waals surface area contributed by atoms with E-state index in [1.807, 2.05) is 4.90 Å². The van der Waals surface area contributed by atoms with Gasteiger partial charge in [0.15, 0.2) is 11.5 Å². The number of ketones is 1. The van der Waals surface area contributed by atoms with E-state index in [2.05, 4.69) is 15.3 Å². The molecule has 1 aliphatic heterocycles. The summed E-state index contributed by atoms with van der Waals surface area (Å²) in [4.78, 5) is 37.7. The van der Waals surface area contributed by atoms with Gasteiger partial charge < -0.3 is 19.5 Å². The van der Waals surface area contributed by atoms with Crippen molar-refractivity contribution in [2.75, 3.05) is 36.4 Å². The Hall–Kier alpha value is -4.09. The molecular weight excluding hydrogens is 594 g/mol. The Kier molecular flexibility index (Phi) is 8.69. The lowest BCUT2D eigenvalue weighted by atomic mass is 10.1. The number of alkyl halides is 3. The normalized spacial score (nSPS) is 14.0. The quantitative estimate of drug-likeness (QED) is 0.229. The van der Waals surface area contributed by atoms with Gasteiger partial charge in [0.25, 0.3) is 0 Å². The van der Waals surface area contributed by atoms with Crippen LogP contribution in [0.2, 0.25) is 10.0 Å². The van der Waals surface area contributed by atoms with Gasteiger partial charge in [0.2, 0.25) is 11.7 Å².